The van der Waals surface area contributed by atoms with Crippen LogP contribution in [0.1, 0.15) is 29.6 Å². The number of carbonyl (C=O) groups is 1. The van der Waals surface area contributed by atoms with Gasteiger partial charge < -0.3 is 14.6 Å². The summed E-state index contributed by atoms with van der Waals surface area (Å²) in [5.41, 5.74) is 0.607. The van der Waals surface area contributed by atoms with Crippen LogP contribution in [-0.4, -0.2) is 33.1 Å². The van der Waals surface area contributed by atoms with Crippen molar-refractivity contribution in [3.63, 3.8) is 0 Å². The molecule has 0 unspecified atom stereocenters. The van der Waals surface area contributed by atoms with Gasteiger partial charge in [-0.25, -0.2) is 0 Å². The number of aromatic nitrogens is 1. The lowest BCUT2D eigenvalue weighted by Crippen LogP contribution is -2.46. The van der Waals surface area contributed by atoms with Gasteiger partial charge in [-0.1, -0.05) is 0 Å². The Kier molecular flexibility index (Phi) is 1.50. The Labute approximate surface area is 81.7 Å². The number of rotatable bonds is 0. The van der Waals surface area contributed by atoms with E-state index in [1.807, 2.05) is 0 Å². The summed E-state index contributed by atoms with van der Waals surface area (Å²) in [5, 5.41) is 10.0. The van der Waals surface area contributed by atoms with E-state index in [1.165, 1.54) is 0 Å². The van der Waals surface area contributed by atoms with E-state index in [0.717, 1.165) is 19.4 Å². The molecule has 2 aliphatic rings. The molecule has 2 aliphatic heterocycles. The fourth-order valence-corrected chi connectivity index (χ4v) is 2.49. The highest BCUT2D eigenvalue weighted by Gasteiger charge is 2.40. The molecule has 0 aliphatic carbocycles. The summed E-state index contributed by atoms with van der Waals surface area (Å²) in [6.07, 6.45) is 3.12. The van der Waals surface area contributed by atoms with Gasteiger partial charge in [0, 0.05) is 12.7 Å². The van der Waals surface area contributed by atoms with Crippen molar-refractivity contribution in [2.24, 2.45) is 0 Å². The first kappa shape index (κ1) is 8.05. The van der Waals surface area contributed by atoms with Gasteiger partial charge in [0.15, 0.2) is 6.23 Å². The Morgan fingerprint density at radius 2 is 2.36 bits per heavy atom. The topological polar surface area (TPSA) is 45.5 Å². The van der Waals surface area contributed by atoms with E-state index in [9.17, 15) is 9.90 Å². The number of fused-ring (bicyclic) bond motifs is 2. The maximum absolute atomic E-state index is 11.9. The third kappa shape index (κ3) is 0.838. The summed E-state index contributed by atoms with van der Waals surface area (Å²) >= 11 is 0. The molecule has 3 rings (SSSR count). The predicted molar refractivity (Wildman–Crippen MR) is 49.7 cm³/mol. The summed E-state index contributed by atoms with van der Waals surface area (Å²) in [7, 11) is 0. The van der Waals surface area contributed by atoms with Crippen molar-refractivity contribution in [2.45, 2.75) is 25.1 Å². The number of carbonyl (C=O) groups excluding carboxylic acids is 1. The van der Waals surface area contributed by atoms with Crippen molar-refractivity contribution in [1.29, 1.82) is 0 Å². The highest BCUT2D eigenvalue weighted by atomic mass is 16.3. The minimum atomic E-state index is -0.555. The molecular weight excluding hydrogens is 180 g/mol. The van der Waals surface area contributed by atoms with E-state index < -0.39 is 6.23 Å². The lowest BCUT2D eigenvalue weighted by atomic mass is 10.1. The van der Waals surface area contributed by atoms with E-state index in [0.29, 0.717) is 5.69 Å². The molecule has 1 amide bonds. The highest BCUT2D eigenvalue weighted by molar-refractivity contribution is 5.94. The van der Waals surface area contributed by atoms with E-state index in [4.69, 9.17) is 0 Å². The molecule has 0 aromatic carbocycles. The third-order valence-corrected chi connectivity index (χ3v) is 3.19. The SMILES string of the molecule is O=C1c2cccn2[C@@H](O)[C@@H]2CCCN12. The Bertz CT molecular complexity index is 385. The van der Waals surface area contributed by atoms with Crippen LogP contribution in [-0.2, 0) is 0 Å². The second-order valence-electron chi connectivity index (χ2n) is 3.92. The molecular formula is C10H12N2O2. The Balaban J connectivity index is 2.12. The largest absolute Gasteiger partial charge is 0.371 e. The number of aliphatic hydroxyl groups excluding tert-OH is 1. The zero-order valence-electron chi connectivity index (χ0n) is 7.76. The van der Waals surface area contributed by atoms with Crippen LogP contribution in [0.15, 0.2) is 18.3 Å². The molecule has 74 valence electrons. The fourth-order valence-electron chi connectivity index (χ4n) is 2.49. The van der Waals surface area contributed by atoms with Crippen LogP contribution in [0.25, 0.3) is 0 Å². The van der Waals surface area contributed by atoms with Gasteiger partial charge in [0.1, 0.15) is 5.69 Å². The molecule has 0 spiro atoms. The minimum Gasteiger partial charge on any atom is -0.371 e. The molecule has 1 saturated heterocycles. The average Bonchev–Trinajstić information content (AvgIpc) is 2.82. The molecule has 4 nitrogen and oxygen atoms in total. The number of hydrogen-bond acceptors (Lipinski definition) is 2. The van der Waals surface area contributed by atoms with Crippen molar-refractivity contribution in [1.82, 2.24) is 9.47 Å². The maximum atomic E-state index is 11.9. The summed E-state index contributed by atoms with van der Waals surface area (Å²) in [4.78, 5) is 13.7. The van der Waals surface area contributed by atoms with Gasteiger partial charge in [0.2, 0.25) is 0 Å². The molecule has 2 atom stereocenters. The number of hydrogen-bond donors (Lipinski definition) is 1. The molecule has 14 heavy (non-hydrogen) atoms. The van der Waals surface area contributed by atoms with Crippen LogP contribution in [0.4, 0.5) is 0 Å². The fraction of sp³-hybridized carbons (Fsp3) is 0.500. The molecule has 3 heterocycles. The summed E-state index contributed by atoms with van der Waals surface area (Å²) < 4.78 is 1.68. The van der Waals surface area contributed by atoms with Crippen LogP contribution in [0.5, 0.6) is 0 Å². The van der Waals surface area contributed by atoms with E-state index in [2.05, 4.69) is 0 Å². The van der Waals surface area contributed by atoms with Crippen molar-refractivity contribution in [2.75, 3.05) is 6.54 Å². The monoisotopic (exact) mass is 192 g/mol. The first-order valence-corrected chi connectivity index (χ1v) is 4.95. The molecule has 1 fully saturated rings. The maximum Gasteiger partial charge on any atom is 0.270 e. The Hall–Kier alpha value is -1.29. The zero-order chi connectivity index (χ0) is 9.71. The molecule has 1 aromatic heterocycles. The number of amides is 1. The van der Waals surface area contributed by atoms with Gasteiger partial charge in [-0.15, -0.1) is 0 Å². The van der Waals surface area contributed by atoms with Crippen LogP contribution < -0.4 is 0 Å². The highest BCUT2D eigenvalue weighted by Crippen LogP contribution is 2.32. The van der Waals surface area contributed by atoms with Gasteiger partial charge >= 0.3 is 0 Å². The summed E-state index contributed by atoms with van der Waals surface area (Å²) in [5.74, 6) is 0.0581. The van der Waals surface area contributed by atoms with E-state index in [1.54, 1.807) is 27.8 Å². The van der Waals surface area contributed by atoms with Crippen LogP contribution >= 0.6 is 0 Å². The molecule has 4 heteroatoms. The third-order valence-electron chi connectivity index (χ3n) is 3.19. The van der Waals surface area contributed by atoms with Gasteiger partial charge in [-0.05, 0) is 25.0 Å². The van der Waals surface area contributed by atoms with Crippen LogP contribution in [0.3, 0.4) is 0 Å². The first-order chi connectivity index (χ1) is 6.79. The molecule has 0 radical (unpaired) electrons. The lowest BCUT2D eigenvalue weighted by Gasteiger charge is -2.35. The van der Waals surface area contributed by atoms with Crippen molar-refractivity contribution in [3.05, 3.63) is 24.0 Å². The molecule has 0 bridgehead atoms. The predicted octanol–water partition coefficient (Wildman–Crippen LogP) is 0.597. The molecule has 0 saturated carbocycles. The van der Waals surface area contributed by atoms with Crippen molar-refractivity contribution < 1.29 is 9.90 Å². The van der Waals surface area contributed by atoms with Crippen molar-refractivity contribution in [3.8, 4) is 0 Å². The van der Waals surface area contributed by atoms with Crippen LogP contribution in [0, 0.1) is 0 Å². The van der Waals surface area contributed by atoms with Gasteiger partial charge in [0.25, 0.3) is 5.91 Å². The van der Waals surface area contributed by atoms with Crippen molar-refractivity contribution >= 4 is 5.91 Å². The van der Waals surface area contributed by atoms with E-state index in [-0.39, 0.29) is 11.9 Å². The number of aliphatic hydroxyl groups is 1. The van der Waals surface area contributed by atoms with Gasteiger partial charge in [-0.3, -0.25) is 4.79 Å². The van der Waals surface area contributed by atoms with Crippen LogP contribution in [0.2, 0.25) is 0 Å². The summed E-state index contributed by atoms with van der Waals surface area (Å²) in [6.45, 7) is 0.783. The first-order valence-electron chi connectivity index (χ1n) is 4.95. The normalized spacial score (nSPS) is 30.4. The summed E-state index contributed by atoms with van der Waals surface area (Å²) in [6, 6.07) is 3.56. The average molecular weight is 192 g/mol. The smallest absolute Gasteiger partial charge is 0.270 e. The number of nitrogens with zero attached hydrogens (tertiary/aromatic N) is 2. The molecule has 1 aromatic rings. The lowest BCUT2D eigenvalue weighted by molar-refractivity contribution is 0.000901. The van der Waals surface area contributed by atoms with E-state index >= 15 is 0 Å². The molecule has 1 N–H and O–H groups in total. The van der Waals surface area contributed by atoms with Gasteiger partial charge in [0.05, 0.1) is 6.04 Å². The second kappa shape index (κ2) is 2.60. The minimum absolute atomic E-state index is 0.0117. The standard InChI is InChI=1S/C10H12N2O2/c13-9-7-3-1-5-11(7)10(14)8-4-2-6-12(8)9/h1,3,5,8,10,14H,2,4,6H2/t8-,10-/m0/s1. The Morgan fingerprint density at radius 1 is 1.50 bits per heavy atom. The van der Waals surface area contributed by atoms with Gasteiger partial charge in [-0.2, -0.15) is 0 Å². The Morgan fingerprint density at radius 3 is 3.21 bits per heavy atom. The quantitative estimate of drug-likeness (QED) is 0.654. The zero-order valence-corrected chi connectivity index (χ0v) is 7.76. The second-order valence-corrected chi connectivity index (χ2v) is 3.92.